The van der Waals surface area contributed by atoms with Crippen molar-refractivity contribution < 1.29 is 9.53 Å². The zero-order valence-electron chi connectivity index (χ0n) is 12.7. The molecule has 0 aliphatic heterocycles. The SMILES string of the molecule is COc1ccccc1CCNC(=O)CCSc1ccccc1. The van der Waals surface area contributed by atoms with Crippen molar-refractivity contribution in [2.75, 3.05) is 19.4 Å². The van der Waals surface area contributed by atoms with Crippen molar-refractivity contribution in [2.45, 2.75) is 17.7 Å². The maximum absolute atomic E-state index is 11.8. The van der Waals surface area contributed by atoms with Crippen molar-refractivity contribution in [1.29, 1.82) is 0 Å². The molecule has 1 amide bonds. The van der Waals surface area contributed by atoms with Gasteiger partial charge in [-0.3, -0.25) is 4.79 Å². The first-order valence-electron chi connectivity index (χ1n) is 7.36. The van der Waals surface area contributed by atoms with Crippen LogP contribution in [-0.4, -0.2) is 25.3 Å². The molecule has 0 aliphatic carbocycles. The molecule has 2 rings (SSSR count). The van der Waals surface area contributed by atoms with E-state index in [-0.39, 0.29) is 5.91 Å². The number of carbonyl (C=O) groups excluding carboxylic acids is 1. The molecule has 22 heavy (non-hydrogen) atoms. The normalized spacial score (nSPS) is 10.2. The average molecular weight is 315 g/mol. The number of para-hydroxylation sites is 1. The van der Waals surface area contributed by atoms with Crippen molar-refractivity contribution in [3.8, 4) is 5.75 Å². The van der Waals surface area contributed by atoms with Crippen LogP contribution in [0, 0.1) is 0 Å². The minimum Gasteiger partial charge on any atom is -0.496 e. The molecular formula is C18H21NO2S. The van der Waals surface area contributed by atoms with Gasteiger partial charge in [0, 0.05) is 23.6 Å². The van der Waals surface area contributed by atoms with Crippen molar-refractivity contribution in [3.05, 3.63) is 60.2 Å². The van der Waals surface area contributed by atoms with Crippen LogP contribution in [0.4, 0.5) is 0 Å². The lowest BCUT2D eigenvalue weighted by Gasteiger charge is -2.09. The second-order valence-electron chi connectivity index (χ2n) is 4.82. The van der Waals surface area contributed by atoms with Gasteiger partial charge in [0.05, 0.1) is 7.11 Å². The van der Waals surface area contributed by atoms with E-state index in [4.69, 9.17) is 4.74 Å². The summed E-state index contributed by atoms with van der Waals surface area (Å²) in [6, 6.07) is 18.0. The topological polar surface area (TPSA) is 38.3 Å². The van der Waals surface area contributed by atoms with E-state index < -0.39 is 0 Å². The van der Waals surface area contributed by atoms with Gasteiger partial charge in [0.15, 0.2) is 0 Å². The Bertz CT molecular complexity index is 587. The molecule has 0 unspecified atom stereocenters. The van der Waals surface area contributed by atoms with Gasteiger partial charge in [-0.25, -0.2) is 0 Å². The number of carbonyl (C=O) groups is 1. The van der Waals surface area contributed by atoms with E-state index in [2.05, 4.69) is 17.4 Å². The lowest BCUT2D eigenvalue weighted by molar-refractivity contribution is -0.120. The third-order valence-electron chi connectivity index (χ3n) is 3.25. The Balaban J connectivity index is 1.65. The summed E-state index contributed by atoms with van der Waals surface area (Å²) in [7, 11) is 1.66. The van der Waals surface area contributed by atoms with Crippen LogP contribution >= 0.6 is 11.8 Å². The van der Waals surface area contributed by atoms with Crippen LogP contribution in [0.5, 0.6) is 5.75 Å². The van der Waals surface area contributed by atoms with Crippen LogP contribution in [0.1, 0.15) is 12.0 Å². The third kappa shape index (κ3) is 5.45. The first kappa shape index (κ1) is 16.4. The molecule has 0 saturated carbocycles. The molecule has 0 spiro atoms. The van der Waals surface area contributed by atoms with E-state index in [0.29, 0.717) is 13.0 Å². The summed E-state index contributed by atoms with van der Waals surface area (Å²) in [6.45, 7) is 0.634. The summed E-state index contributed by atoms with van der Waals surface area (Å²) in [6.07, 6.45) is 1.31. The molecule has 0 saturated heterocycles. The third-order valence-corrected chi connectivity index (χ3v) is 4.26. The molecule has 0 bridgehead atoms. The van der Waals surface area contributed by atoms with Crippen LogP contribution in [0.25, 0.3) is 0 Å². The quantitative estimate of drug-likeness (QED) is 0.757. The van der Waals surface area contributed by atoms with Gasteiger partial charge in [-0.15, -0.1) is 11.8 Å². The van der Waals surface area contributed by atoms with E-state index >= 15 is 0 Å². The highest BCUT2D eigenvalue weighted by Gasteiger charge is 2.04. The maximum atomic E-state index is 11.8. The second kappa shape index (κ2) is 9.15. The summed E-state index contributed by atoms with van der Waals surface area (Å²) in [5.41, 5.74) is 1.11. The van der Waals surface area contributed by atoms with E-state index in [1.807, 2.05) is 42.5 Å². The van der Waals surface area contributed by atoms with Gasteiger partial charge in [0.2, 0.25) is 5.91 Å². The zero-order chi connectivity index (χ0) is 15.6. The minimum atomic E-state index is 0.0957. The molecule has 1 N–H and O–H groups in total. The van der Waals surface area contributed by atoms with Crippen LogP contribution in [-0.2, 0) is 11.2 Å². The van der Waals surface area contributed by atoms with E-state index in [1.54, 1.807) is 18.9 Å². The molecule has 2 aromatic carbocycles. The van der Waals surface area contributed by atoms with Gasteiger partial charge in [-0.05, 0) is 30.2 Å². The number of ether oxygens (including phenoxy) is 1. The number of amides is 1. The highest BCUT2D eigenvalue weighted by Crippen LogP contribution is 2.18. The number of hydrogen-bond acceptors (Lipinski definition) is 3. The first-order chi connectivity index (χ1) is 10.8. The van der Waals surface area contributed by atoms with E-state index in [9.17, 15) is 4.79 Å². The van der Waals surface area contributed by atoms with Gasteiger partial charge in [0.1, 0.15) is 5.75 Å². The Kier molecular flexibility index (Phi) is 6.84. The monoisotopic (exact) mass is 315 g/mol. The largest absolute Gasteiger partial charge is 0.496 e. The number of rotatable bonds is 8. The molecule has 2 aromatic rings. The molecule has 0 radical (unpaired) electrons. The number of benzene rings is 2. The van der Waals surface area contributed by atoms with Crippen molar-refractivity contribution >= 4 is 17.7 Å². The van der Waals surface area contributed by atoms with Gasteiger partial charge >= 0.3 is 0 Å². The summed E-state index contributed by atoms with van der Waals surface area (Å²) < 4.78 is 5.30. The lowest BCUT2D eigenvalue weighted by atomic mass is 10.1. The van der Waals surface area contributed by atoms with Crippen molar-refractivity contribution in [1.82, 2.24) is 5.32 Å². The molecule has 116 valence electrons. The van der Waals surface area contributed by atoms with Crippen LogP contribution in [0.3, 0.4) is 0 Å². The van der Waals surface area contributed by atoms with Crippen LogP contribution in [0.2, 0.25) is 0 Å². The molecule has 0 fully saturated rings. The standard InChI is InChI=1S/C18H21NO2S/c1-21-17-10-6-5-7-15(17)11-13-19-18(20)12-14-22-16-8-3-2-4-9-16/h2-10H,11-14H2,1H3,(H,19,20). The number of nitrogens with one attached hydrogen (secondary N) is 1. The summed E-state index contributed by atoms with van der Waals surface area (Å²) in [5, 5.41) is 2.96. The Morgan fingerprint density at radius 3 is 2.59 bits per heavy atom. The van der Waals surface area contributed by atoms with Crippen LogP contribution < -0.4 is 10.1 Å². The van der Waals surface area contributed by atoms with Crippen molar-refractivity contribution in [3.63, 3.8) is 0 Å². The lowest BCUT2D eigenvalue weighted by Crippen LogP contribution is -2.26. The van der Waals surface area contributed by atoms with Gasteiger partial charge in [-0.1, -0.05) is 36.4 Å². The fourth-order valence-electron chi connectivity index (χ4n) is 2.11. The number of thioether (sulfide) groups is 1. The highest BCUT2D eigenvalue weighted by molar-refractivity contribution is 7.99. The molecule has 0 aliphatic rings. The van der Waals surface area contributed by atoms with Gasteiger partial charge in [-0.2, -0.15) is 0 Å². The fraction of sp³-hybridized carbons (Fsp3) is 0.278. The predicted octanol–water partition coefficient (Wildman–Crippen LogP) is 3.54. The van der Waals surface area contributed by atoms with Crippen molar-refractivity contribution in [2.24, 2.45) is 0 Å². The Morgan fingerprint density at radius 1 is 1.09 bits per heavy atom. The predicted molar refractivity (Wildman–Crippen MR) is 91.5 cm³/mol. The average Bonchev–Trinajstić information content (AvgIpc) is 2.56. The minimum absolute atomic E-state index is 0.0957. The molecule has 0 aromatic heterocycles. The number of hydrogen-bond donors (Lipinski definition) is 1. The van der Waals surface area contributed by atoms with Gasteiger partial charge < -0.3 is 10.1 Å². The molecule has 3 nitrogen and oxygen atoms in total. The maximum Gasteiger partial charge on any atom is 0.220 e. The zero-order valence-corrected chi connectivity index (χ0v) is 13.6. The van der Waals surface area contributed by atoms with Gasteiger partial charge in [0.25, 0.3) is 0 Å². The Morgan fingerprint density at radius 2 is 1.82 bits per heavy atom. The molecule has 4 heteroatoms. The summed E-state index contributed by atoms with van der Waals surface area (Å²) in [4.78, 5) is 13.0. The fourth-order valence-corrected chi connectivity index (χ4v) is 2.99. The Labute approximate surface area is 136 Å². The smallest absolute Gasteiger partial charge is 0.220 e. The Hall–Kier alpha value is -1.94. The molecule has 0 heterocycles. The molecule has 0 atom stereocenters. The van der Waals surface area contributed by atoms with Crippen LogP contribution in [0.15, 0.2) is 59.5 Å². The second-order valence-corrected chi connectivity index (χ2v) is 5.99. The molecular weight excluding hydrogens is 294 g/mol. The first-order valence-corrected chi connectivity index (χ1v) is 8.34. The summed E-state index contributed by atoms with van der Waals surface area (Å²) >= 11 is 1.70. The number of methoxy groups -OCH3 is 1. The van der Waals surface area contributed by atoms with E-state index in [1.165, 1.54) is 4.90 Å². The highest BCUT2D eigenvalue weighted by atomic mass is 32.2. The van der Waals surface area contributed by atoms with E-state index in [0.717, 1.165) is 23.5 Å². The summed E-state index contributed by atoms with van der Waals surface area (Å²) in [5.74, 6) is 1.76.